The van der Waals surface area contributed by atoms with Crippen molar-refractivity contribution in [1.29, 1.82) is 0 Å². The molecular formula is C10H12N4O4S. The Labute approximate surface area is 111 Å². The van der Waals surface area contributed by atoms with Crippen LogP contribution in [0.5, 0.6) is 0 Å². The first-order valence-corrected chi connectivity index (χ1v) is 6.25. The summed E-state index contributed by atoms with van der Waals surface area (Å²) in [6.45, 7) is 1.66. The van der Waals surface area contributed by atoms with Crippen LogP contribution in [0.1, 0.15) is 6.92 Å². The number of aromatic nitrogens is 4. The number of esters is 1. The van der Waals surface area contributed by atoms with Crippen molar-refractivity contribution in [2.24, 2.45) is 7.05 Å². The summed E-state index contributed by atoms with van der Waals surface area (Å²) >= 11 is 1.11. The average Bonchev–Trinajstić information content (AvgIpc) is 2.77. The van der Waals surface area contributed by atoms with Crippen LogP contribution in [0.4, 0.5) is 0 Å². The largest absolute Gasteiger partial charge is 0.468 e. The average molecular weight is 284 g/mol. The Morgan fingerprint density at radius 2 is 2.11 bits per heavy atom. The summed E-state index contributed by atoms with van der Waals surface area (Å²) in [7, 11) is 2.66. The lowest BCUT2D eigenvalue weighted by molar-refractivity contribution is -0.139. The van der Waals surface area contributed by atoms with E-state index in [2.05, 4.69) is 19.7 Å². The number of methoxy groups -OCH3 is 1. The zero-order chi connectivity index (χ0) is 14.2. The van der Waals surface area contributed by atoms with Crippen molar-refractivity contribution in [3.8, 4) is 0 Å². The maximum Gasteiger partial charge on any atom is 0.329 e. The van der Waals surface area contributed by atoms with E-state index in [4.69, 9.17) is 0 Å². The molecule has 1 unspecified atom stereocenters. The predicted octanol–water partition coefficient (Wildman–Crippen LogP) is -0.397. The number of H-pyrrole nitrogens is 2. The van der Waals surface area contributed by atoms with Gasteiger partial charge in [0.2, 0.25) is 0 Å². The van der Waals surface area contributed by atoms with Gasteiger partial charge >= 0.3 is 11.7 Å². The Morgan fingerprint density at radius 3 is 2.74 bits per heavy atom. The fourth-order valence-corrected chi connectivity index (χ4v) is 2.31. The fourth-order valence-electron chi connectivity index (χ4n) is 1.48. The van der Waals surface area contributed by atoms with Crippen LogP contribution in [0, 0.1) is 0 Å². The van der Waals surface area contributed by atoms with Gasteiger partial charge in [0.15, 0.2) is 16.3 Å². The van der Waals surface area contributed by atoms with E-state index in [1.165, 1.54) is 14.2 Å². The molecule has 102 valence electrons. The molecule has 0 saturated carbocycles. The van der Waals surface area contributed by atoms with Gasteiger partial charge in [-0.05, 0) is 6.92 Å². The van der Waals surface area contributed by atoms with Crippen LogP contribution in [-0.4, -0.2) is 37.8 Å². The van der Waals surface area contributed by atoms with Gasteiger partial charge in [0.25, 0.3) is 5.56 Å². The maximum atomic E-state index is 11.8. The number of fused-ring (bicyclic) bond motifs is 1. The van der Waals surface area contributed by atoms with E-state index >= 15 is 0 Å². The molecule has 9 heteroatoms. The molecule has 0 saturated heterocycles. The first-order chi connectivity index (χ1) is 8.93. The summed E-state index contributed by atoms with van der Waals surface area (Å²) in [5, 5.41) is -0.104. The number of nitrogens with zero attached hydrogens (tertiary/aromatic N) is 2. The molecule has 0 amide bonds. The van der Waals surface area contributed by atoms with E-state index < -0.39 is 22.5 Å². The Balaban J connectivity index is 2.43. The number of imidazole rings is 1. The second kappa shape index (κ2) is 4.92. The normalized spacial score (nSPS) is 12.6. The minimum atomic E-state index is -0.540. The minimum absolute atomic E-state index is 0.174. The van der Waals surface area contributed by atoms with Gasteiger partial charge < -0.3 is 9.72 Å². The fraction of sp³-hybridized carbons (Fsp3) is 0.400. The van der Waals surface area contributed by atoms with Gasteiger partial charge in [-0.1, -0.05) is 11.8 Å². The standard InChI is InChI=1S/C10H12N4O4S/c1-4(8(16)18-3)19-9-11-5-6(12-9)13-10(17)14(2)7(5)15/h4H,1-3H3,(H,11,12)(H,13,17). The molecule has 19 heavy (non-hydrogen) atoms. The third-order valence-corrected chi connectivity index (χ3v) is 3.51. The Morgan fingerprint density at radius 1 is 1.42 bits per heavy atom. The van der Waals surface area contributed by atoms with Gasteiger partial charge in [0.1, 0.15) is 5.25 Å². The number of thioether (sulfide) groups is 1. The topological polar surface area (TPSA) is 110 Å². The van der Waals surface area contributed by atoms with Crippen molar-refractivity contribution in [3.63, 3.8) is 0 Å². The summed E-state index contributed by atoms with van der Waals surface area (Å²) in [5.74, 6) is -0.396. The molecule has 0 aliphatic rings. The van der Waals surface area contributed by atoms with Crippen LogP contribution < -0.4 is 11.2 Å². The highest BCUT2D eigenvalue weighted by molar-refractivity contribution is 8.00. The Bertz CT molecular complexity index is 744. The first-order valence-electron chi connectivity index (χ1n) is 5.37. The molecule has 2 heterocycles. The molecule has 0 aromatic carbocycles. The summed E-state index contributed by atoms with van der Waals surface area (Å²) in [6.07, 6.45) is 0. The van der Waals surface area contributed by atoms with Gasteiger partial charge in [-0.25, -0.2) is 9.78 Å². The highest BCUT2D eigenvalue weighted by Gasteiger charge is 2.18. The Hall–Kier alpha value is -2.03. The molecular weight excluding hydrogens is 272 g/mol. The molecule has 0 fully saturated rings. The Kier molecular flexibility index (Phi) is 3.47. The maximum absolute atomic E-state index is 11.8. The SMILES string of the molecule is COC(=O)C(C)Sc1nc2[nH]c(=O)n(C)c(=O)c2[nH]1. The van der Waals surface area contributed by atoms with Gasteiger partial charge in [-0.2, -0.15) is 0 Å². The molecule has 2 rings (SSSR count). The van der Waals surface area contributed by atoms with Crippen molar-refractivity contribution in [2.45, 2.75) is 17.3 Å². The van der Waals surface area contributed by atoms with Gasteiger partial charge in [0, 0.05) is 7.05 Å². The van der Waals surface area contributed by atoms with E-state index in [0.717, 1.165) is 16.3 Å². The number of rotatable bonds is 3. The van der Waals surface area contributed by atoms with Crippen molar-refractivity contribution < 1.29 is 9.53 Å². The van der Waals surface area contributed by atoms with Crippen LogP contribution in [0.2, 0.25) is 0 Å². The monoisotopic (exact) mass is 284 g/mol. The summed E-state index contributed by atoms with van der Waals surface area (Å²) < 4.78 is 5.54. The van der Waals surface area contributed by atoms with Crippen LogP contribution in [0.3, 0.4) is 0 Å². The van der Waals surface area contributed by atoms with Gasteiger partial charge in [0.05, 0.1) is 7.11 Å². The second-order valence-corrected chi connectivity index (χ2v) is 5.17. The van der Waals surface area contributed by atoms with Gasteiger partial charge in [-0.15, -0.1) is 0 Å². The van der Waals surface area contributed by atoms with E-state index in [1.807, 2.05) is 0 Å². The highest BCUT2D eigenvalue weighted by atomic mass is 32.2. The van der Waals surface area contributed by atoms with Crippen LogP contribution in [0.15, 0.2) is 14.7 Å². The molecule has 2 aromatic heterocycles. The lowest BCUT2D eigenvalue weighted by Crippen LogP contribution is -2.32. The van der Waals surface area contributed by atoms with E-state index in [0.29, 0.717) is 5.16 Å². The molecule has 8 nitrogen and oxygen atoms in total. The van der Waals surface area contributed by atoms with Crippen molar-refractivity contribution in [3.05, 3.63) is 20.8 Å². The summed E-state index contributed by atoms with van der Waals surface area (Å²) in [5.41, 5.74) is -0.639. The van der Waals surface area contributed by atoms with Crippen LogP contribution in [-0.2, 0) is 16.6 Å². The minimum Gasteiger partial charge on any atom is -0.468 e. The molecule has 0 aliphatic carbocycles. The number of aromatic amines is 2. The van der Waals surface area contributed by atoms with Crippen molar-refractivity contribution in [1.82, 2.24) is 19.5 Å². The van der Waals surface area contributed by atoms with Crippen LogP contribution >= 0.6 is 11.8 Å². The lowest BCUT2D eigenvalue weighted by atomic mass is 10.5. The summed E-state index contributed by atoms with van der Waals surface area (Å²) in [6, 6.07) is 0. The molecule has 1 atom stereocenters. The van der Waals surface area contributed by atoms with Crippen molar-refractivity contribution >= 4 is 28.9 Å². The zero-order valence-corrected chi connectivity index (χ0v) is 11.3. The first kappa shape index (κ1) is 13.4. The third kappa shape index (κ3) is 2.41. The van der Waals surface area contributed by atoms with Gasteiger partial charge in [-0.3, -0.25) is 19.1 Å². The molecule has 0 aliphatic heterocycles. The second-order valence-electron chi connectivity index (χ2n) is 3.84. The number of nitrogens with one attached hydrogen (secondary N) is 2. The van der Waals surface area contributed by atoms with Crippen molar-refractivity contribution in [2.75, 3.05) is 7.11 Å². The molecule has 0 radical (unpaired) electrons. The molecule has 2 N–H and O–H groups in total. The molecule has 2 aromatic rings. The quantitative estimate of drug-likeness (QED) is 0.586. The number of hydrogen-bond acceptors (Lipinski definition) is 6. The zero-order valence-electron chi connectivity index (χ0n) is 10.5. The van der Waals surface area contributed by atoms with E-state index in [-0.39, 0.29) is 11.2 Å². The highest BCUT2D eigenvalue weighted by Crippen LogP contribution is 2.21. The molecule has 0 bridgehead atoms. The number of carbonyl (C=O) groups is 1. The summed E-state index contributed by atoms with van der Waals surface area (Å²) in [4.78, 5) is 43.8. The smallest absolute Gasteiger partial charge is 0.329 e. The number of carbonyl (C=O) groups excluding carboxylic acids is 1. The lowest BCUT2D eigenvalue weighted by Gasteiger charge is -2.05. The van der Waals surface area contributed by atoms with E-state index in [9.17, 15) is 14.4 Å². The molecule has 0 spiro atoms. The van der Waals surface area contributed by atoms with E-state index in [1.54, 1.807) is 6.92 Å². The van der Waals surface area contributed by atoms with Crippen LogP contribution in [0.25, 0.3) is 11.2 Å². The third-order valence-electron chi connectivity index (χ3n) is 2.55. The number of hydrogen-bond donors (Lipinski definition) is 2. The predicted molar refractivity (Wildman–Crippen MR) is 69.3 cm³/mol. The number of ether oxygens (including phenoxy) is 1.